The van der Waals surface area contributed by atoms with Crippen LogP contribution in [0.25, 0.3) is 0 Å². The zero-order valence-electron chi connectivity index (χ0n) is 15.2. The van der Waals surface area contributed by atoms with Crippen molar-refractivity contribution in [1.29, 1.82) is 0 Å². The third-order valence-corrected chi connectivity index (χ3v) is 5.41. The lowest BCUT2D eigenvalue weighted by atomic mass is 9.86. The van der Waals surface area contributed by atoms with Gasteiger partial charge in [0.15, 0.2) is 0 Å². The monoisotopic (exact) mass is 345 g/mol. The van der Waals surface area contributed by atoms with Gasteiger partial charge >= 0.3 is 0 Å². The number of methoxy groups -OCH3 is 1. The average molecular weight is 345 g/mol. The number of rotatable bonds is 4. The van der Waals surface area contributed by atoms with E-state index in [2.05, 4.69) is 0 Å². The lowest BCUT2D eigenvalue weighted by molar-refractivity contribution is -0.134. The Kier molecular flexibility index (Phi) is 5.04. The highest BCUT2D eigenvalue weighted by atomic mass is 16.5. The predicted octanol–water partition coefficient (Wildman–Crippen LogP) is 2.98. The second-order valence-electron chi connectivity index (χ2n) is 7.02. The number of ether oxygens (including phenoxy) is 2. The molecular weight excluding hydrogens is 318 g/mol. The molecule has 136 valence electrons. The minimum atomic E-state index is -1.11. The molecule has 1 fully saturated rings. The van der Waals surface area contributed by atoms with Crippen LogP contribution in [0.1, 0.15) is 45.1 Å². The van der Waals surface area contributed by atoms with Crippen LogP contribution in [0.4, 0.5) is 0 Å². The van der Waals surface area contributed by atoms with E-state index in [1.165, 1.54) is 0 Å². The van der Waals surface area contributed by atoms with E-state index in [-0.39, 0.29) is 11.9 Å². The van der Waals surface area contributed by atoms with Crippen molar-refractivity contribution >= 4 is 5.91 Å². The molecule has 0 aliphatic carbocycles. The van der Waals surface area contributed by atoms with Crippen LogP contribution in [-0.4, -0.2) is 42.2 Å². The molecule has 1 N–H and O–H groups in total. The molecule has 0 unspecified atom stereocenters. The topological polar surface area (TPSA) is 59.0 Å². The van der Waals surface area contributed by atoms with Crippen LogP contribution in [0.5, 0.6) is 5.75 Å². The number of carbonyl (C=O) groups excluding carboxylic acids is 1. The molecule has 25 heavy (non-hydrogen) atoms. The lowest BCUT2D eigenvalue weighted by Gasteiger charge is -2.38. The van der Waals surface area contributed by atoms with E-state index < -0.39 is 5.60 Å². The van der Waals surface area contributed by atoms with Crippen molar-refractivity contribution in [2.24, 2.45) is 0 Å². The number of carbonyl (C=O) groups is 1. The first kappa shape index (κ1) is 17.8. The Morgan fingerprint density at radius 2 is 2.04 bits per heavy atom. The summed E-state index contributed by atoms with van der Waals surface area (Å²) in [5.74, 6) is 1.48. The molecular formula is C20H27NO4. The summed E-state index contributed by atoms with van der Waals surface area (Å²) >= 11 is 0. The Bertz CT molecular complexity index is 663. The van der Waals surface area contributed by atoms with Crippen LogP contribution < -0.4 is 4.74 Å². The fraction of sp³-hybridized carbons (Fsp3) is 0.550. The Hall–Kier alpha value is -2.01. The molecule has 0 radical (unpaired) electrons. The number of likely N-dealkylation sites (tertiary alicyclic amines) is 1. The summed E-state index contributed by atoms with van der Waals surface area (Å²) in [6.07, 6.45) is 3.30. The summed E-state index contributed by atoms with van der Waals surface area (Å²) in [5, 5.41) is 11.3. The van der Waals surface area contributed by atoms with Crippen molar-refractivity contribution in [2.45, 2.75) is 51.2 Å². The highest BCUT2D eigenvalue weighted by Gasteiger charge is 2.43. The normalized spacial score (nSPS) is 23.2. The van der Waals surface area contributed by atoms with Crippen molar-refractivity contribution in [3.8, 4) is 5.75 Å². The third-order valence-electron chi connectivity index (χ3n) is 5.41. The fourth-order valence-electron chi connectivity index (χ4n) is 3.88. The van der Waals surface area contributed by atoms with Crippen molar-refractivity contribution in [3.63, 3.8) is 0 Å². The molecule has 1 aromatic carbocycles. The van der Waals surface area contributed by atoms with Gasteiger partial charge in [0.25, 0.3) is 5.91 Å². The average Bonchev–Trinajstić information content (AvgIpc) is 3.12. The fourth-order valence-corrected chi connectivity index (χ4v) is 3.88. The summed E-state index contributed by atoms with van der Waals surface area (Å²) in [6.45, 7) is 5.00. The Labute approximate surface area is 149 Å². The summed E-state index contributed by atoms with van der Waals surface area (Å²) in [4.78, 5) is 14.9. The van der Waals surface area contributed by atoms with Crippen LogP contribution in [0.15, 0.2) is 35.6 Å². The molecule has 0 aromatic heterocycles. The molecule has 5 heteroatoms. The molecule has 1 saturated heterocycles. The predicted molar refractivity (Wildman–Crippen MR) is 95.2 cm³/mol. The van der Waals surface area contributed by atoms with E-state index in [4.69, 9.17) is 9.47 Å². The van der Waals surface area contributed by atoms with Gasteiger partial charge in [0.2, 0.25) is 0 Å². The zero-order valence-corrected chi connectivity index (χ0v) is 15.2. The summed E-state index contributed by atoms with van der Waals surface area (Å²) in [6, 6.07) is 7.18. The van der Waals surface area contributed by atoms with Gasteiger partial charge in [-0.3, -0.25) is 4.79 Å². The highest BCUT2D eigenvalue weighted by Crippen LogP contribution is 2.37. The zero-order chi connectivity index (χ0) is 18.0. The van der Waals surface area contributed by atoms with Crippen molar-refractivity contribution in [2.75, 3.05) is 20.3 Å². The number of nitrogens with zero attached hydrogens (tertiary/aromatic N) is 1. The number of allylic oxidation sites excluding steroid dienone is 1. The molecule has 1 aromatic rings. The van der Waals surface area contributed by atoms with Crippen molar-refractivity contribution < 1.29 is 19.4 Å². The summed E-state index contributed by atoms with van der Waals surface area (Å²) < 4.78 is 10.7. The molecule has 1 amide bonds. The molecule has 2 heterocycles. The molecule has 5 nitrogen and oxygen atoms in total. The van der Waals surface area contributed by atoms with E-state index in [0.29, 0.717) is 13.2 Å². The first-order valence-corrected chi connectivity index (χ1v) is 8.95. The first-order chi connectivity index (χ1) is 11.9. The lowest BCUT2D eigenvalue weighted by Crippen LogP contribution is -2.48. The molecule has 0 spiro atoms. The molecule has 2 atom stereocenters. The second-order valence-corrected chi connectivity index (χ2v) is 7.02. The minimum Gasteiger partial charge on any atom is -0.498 e. The molecule has 2 aliphatic heterocycles. The van der Waals surface area contributed by atoms with Gasteiger partial charge in [-0.25, -0.2) is 0 Å². The summed E-state index contributed by atoms with van der Waals surface area (Å²) in [7, 11) is 1.62. The van der Waals surface area contributed by atoms with Crippen LogP contribution in [0.2, 0.25) is 0 Å². The van der Waals surface area contributed by atoms with E-state index in [1.807, 2.05) is 36.1 Å². The van der Waals surface area contributed by atoms with Gasteiger partial charge in [0.1, 0.15) is 17.1 Å². The number of benzene rings is 1. The number of amides is 1. The molecule has 0 bridgehead atoms. The maximum Gasteiger partial charge on any atom is 0.253 e. The molecule has 0 saturated carbocycles. The minimum absolute atomic E-state index is 0.00786. The smallest absolute Gasteiger partial charge is 0.253 e. The van der Waals surface area contributed by atoms with Gasteiger partial charge < -0.3 is 19.5 Å². The van der Waals surface area contributed by atoms with Crippen LogP contribution in [-0.2, 0) is 15.1 Å². The quantitative estimate of drug-likeness (QED) is 0.911. The number of hydrogen-bond acceptors (Lipinski definition) is 4. The number of hydrogen-bond donors (Lipinski definition) is 1. The third kappa shape index (κ3) is 3.38. The second kappa shape index (κ2) is 7.08. The van der Waals surface area contributed by atoms with E-state index in [1.54, 1.807) is 14.0 Å². The van der Waals surface area contributed by atoms with E-state index in [0.717, 1.165) is 48.3 Å². The molecule has 2 aliphatic rings. The Morgan fingerprint density at radius 1 is 1.32 bits per heavy atom. The van der Waals surface area contributed by atoms with Gasteiger partial charge in [-0.05, 0) is 57.2 Å². The van der Waals surface area contributed by atoms with Gasteiger partial charge in [0.05, 0.1) is 25.3 Å². The standard InChI is InChI=1S/C20H27NO4/c1-14-17(6-5-13-25-14)19(22)21-12-4-7-18(21)20(2,23)15-8-10-16(24-3)11-9-15/h8-11,18,23H,4-7,12-13H2,1-3H3/t18-,20-/m1/s1. The Balaban J connectivity index is 1.85. The largest absolute Gasteiger partial charge is 0.498 e. The molecule has 3 rings (SSSR count). The summed E-state index contributed by atoms with van der Waals surface area (Å²) in [5.41, 5.74) is 0.440. The van der Waals surface area contributed by atoms with E-state index >= 15 is 0 Å². The van der Waals surface area contributed by atoms with Crippen LogP contribution >= 0.6 is 0 Å². The first-order valence-electron chi connectivity index (χ1n) is 8.95. The van der Waals surface area contributed by atoms with Gasteiger partial charge in [-0.15, -0.1) is 0 Å². The maximum atomic E-state index is 13.1. The van der Waals surface area contributed by atoms with Gasteiger partial charge in [-0.2, -0.15) is 0 Å². The van der Waals surface area contributed by atoms with Crippen molar-refractivity contribution in [3.05, 3.63) is 41.2 Å². The SMILES string of the molecule is COc1ccc([C@@](C)(O)[C@H]2CCCN2C(=O)C2=C(C)OCCC2)cc1. The highest BCUT2D eigenvalue weighted by molar-refractivity contribution is 5.94. The van der Waals surface area contributed by atoms with Crippen LogP contribution in [0.3, 0.4) is 0 Å². The van der Waals surface area contributed by atoms with Gasteiger partial charge in [-0.1, -0.05) is 12.1 Å². The van der Waals surface area contributed by atoms with E-state index in [9.17, 15) is 9.90 Å². The van der Waals surface area contributed by atoms with Crippen LogP contribution in [0, 0.1) is 0 Å². The maximum absolute atomic E-state index is 13.1. The number of aliphatic hydroxyl groups is 1. The Morgan fingerprint density at radius 3 is 2.68 bits per heavy atom. The van der Waals surface area contributed by atoms with Gasteiger partial charge in [0, 0.05) is 6.54 Å². The van der Waals surface area contributed by atoms with Crippen molar-refractivity contribution in [1.82, 2.24) is 4.90 Å².